The van der Waals surface area contributed by atoms with Crippen molar-refractivity contribution in [1.82, 2.24) is 10.2 Å². The van der Waals surface area contributed by atoms with E-state index in [0.29, 0.717) is 11.0 Å². The largest absolute Gasteiger partial charge is 0.374 e. The maximum absolute atomic E-state index is 5.43. The fourth-order valence-corrected chi connectivity index (χ4v) is 1.47. The first kappa shape index (κ1) is 8.20. The predicted molar refractivity (Wildman–Crippen MR) is 47.6 cm³/mol. The molecule has 1 heterocycles. The van der Waals surface area contributed by atoms with Gasteiger partial charge in [0.25, 0.3) is 0 Å². The van der Waals surface area contributed by atoms with Gasteiger partial charge in [-0.1, -0.05) is 24.3 Å². The Hall–Kier alpha value is -0.900. The molecule has 0 aliphatic carbocycles. The minimum Gasteiger partial charge on any atom is -0.374 e. The lowest BCUT2D eigenvalue weighted by Crippen LogP contribution is -1.89. The predicted octanol–water partition coefficient (Wildman–Crippen LogP) is 1.80. The second kappa shape index (κ2) is 3.48. The molecule has 0 spiro atoms. The number of nitrogen functional groups attached to an aromatic ring is 1. The van der Waals surface area contributed by atoms with E-state index in [1.807, 2.05) is 6.08 Å². The summed E-state index contributed by atoms with van der Waals surface area (Å²) in [6.07, 6.45) is 2.80. The highest BCUT2D eigenvalue weighted by atomic mass is 32.1. The normalized spacial score (nSPS) is 12.8. The number of hydrogen-bond donors (Lipinski definition) is 1. The molecule has 4 heteroatoms. The summed E-state index contributed by atoms with van der Waals surface area (Å²) >= 11 is 1.44. The van der Waals surface area contributed by atoms with Crippen molar-refractivity contribution in [1.29, 1.82) is 0 Å². The maximum Gasteiger partial charge on any atom is 0.203 e. The first-order valence-corrected chi connectivity index (χ1v) is 4.25. The van der Waals surface area contributed by atoms with Crippen molar-refractivity contribution in [3.63, 3.8) is 0 Å². The van der Waals surface area contributed by atoms with Crippen LogP contribution in [-0.2, 0) is 0 Å². The van der Waals surface area contributed by atoms with Gasteiger partial charge in [-0.2, -0.15) is 0 Å². The molecule has 0 aliphatic heterocycles. The lowest BCUT2D eigenvalue weighted by molar-refractivity contribution is 0.757. The van der Waals surface area contributed by atoms with Crippen molar-refractivity contribution in [3.8, 4) is 0 Å². The SMILES string of the molecule is C=CCC(C)c1nnc(N)s1. The molecule has 0 aliphatic rings. The van der Waals surface area contributed by atoms with Crippen LogP contribution in [0.5, 0.6) is 0 Å². The summed E-state index contributed by atoms with van der Waals surface area (Å²) in [5.41, 5.74) is 5.43. The fraction of sp³-hybridized carbons (Fsp3) is 0.429. The van der Waals surface area contributed by atoms with E-state index in [1.165, 1.54) is 11.3 Å². The highest BCUT2D eigenvalue weighted by Gasteiger charge is 2.08. The van der Waals surface area contributed by atoms with Gasteiger partial charge in [-0.3, -0.25) is 0 Å². The Bertz CT molecular complexity index is 244. The van der Waals surface area contributed by atoms with Crippen LogP contribution in [0.4, 0.5) is 5.13 Å². The Morgan fingerprint density at radius 1 is 1.73 bits per heavy atom. The maximum atomic E-state index is 5.43. The van der Waals surface area contributed by atoms with Gasteiger partial charge in [-0.05, 0) is 6.42 Å². The average Bonchev–Trinajstić information content (AvgIpc) is 2.36. The van der Waals surface area contributed by atoms with Crippen molar-refractivity contribution in [2.24, 2.45) is 0 Å². The van der Waals surface area contributed by atoms with Crippen molar-refractivity contribution >= 4 is 16.5 Å². The van der Waals surface area contributed by atoms with Crippen LogP contribution in [-0.4, -0.2) is 10.2 Å². The highest BCUT2D eigenvalue weighted by molar-refractivity contribution is 7.15. The third-order valence-corrected chi connectivity index (χ3v) is 2.38. The first-order chi connectivity index (χ1) is 5.24. The molecular weight excluding hydrogens is 158 g/mol. The summed E-state index contributed by atoms with van der Waals surface area (Å²) in [6.45, 7) is 5.74. The van der Waals surface area contributed by atoms with Gasteiger partial charge in [0.1, 0.15) is 5.01 Å². The summed E-state index contributed by atoms with van der Waals surface area (Å²) in [6, 6.07) is 0. The molecule has 1 aromatic heterocycles. The van der Waals surface area contributed by atoms with Crippen LogP contribution in [0.2, 0.25) is 0 Å². The third kappa shape index (κ3) is 2.01. The van der Waals surface area contributed by atoms with E-state index in [1.54, 1.807) is 0 Å². The third-order valence-electron chi connectivity index (χ3n) is 1.40. The van der Waals surface area contributed by atoms with Crippen LogP contribution >= 0.6 is 11.3 Å². The van der Waals surface area contributed by atoms with E-state index in [0.717, 1.165) is 11.4 Å². The topological polar surface area (TPSA) is 51.8 Å². The molecule has 2 N–H and O–H groups in total. The summed E-state index contributed by atoms with van der Waals surface area (Å²) in [5.74, 6) is 0.391. The van der Waals surface area contributed by atoms with Gasteiger partial charge in [-0.15, -0.1) is 16.8 Å². The monoisotopic (exact) mass is 169 g/mol. The van der Waals surface area contributed by atoms with Gasteiger partial charge in [0, 0.05) is 5.92 Å². The molecule has 0 bridgehead atoms. The van der Waals surface area contributed by atoms with Gasteiger partial charge in [-0.25, -0.2) is 0 Å². The van der Waals surface area contributed by atoms with Gasteiger partial charge in [0.15, 0.2) is 0 Å². The Morgan fingerprint density at radius 3 is 2.91 bits per heavy atom. The summed E-state index contributed by atoms with van der Waals surface area (Å²) in [7, 11) is 0. The van der Waals surface area contributed by atoms with Crippen LogP contribution < -0.4 is 5.73 Å². The number of anilines is 1. The molecule has 0 amide bonds. The minimum absolute atomic E-state index is 0.391. The number of rotatable bonds is 3. The van der Waals surface area contributed by atoms with E-state index in [-0.39, 0.29) is 0 Å². The van der Waals surface area contributed by atoms with Crippen molar-refractivity contribution in [3.05, 3.63) is 17.7 Å². The lowest BCUT2D eigenvalue weighted by Gasteiger charge is -2.00. The van der Waals surface area contributed by atoms with Gasteiger partial charge < -0.3 is 5.73 Å². The van der Waals surface area contributed by atoms with Crippen molar-refractivity contribution in [2.45, 2.75) is 19.3 Å². The first-order valence-electron chi connectivity index (χ1n) is 3.43. The molecule has 3 nitrogen and oxygen atoms in total. The molecular formula is C7H11N3S. The molecule has 0 saturated carbocycles. The van der Waals surface area contributed by atoms with Gasteiger partial charge >= 0.3 is 0 Å². The van der Waals surface area contributed by atoms with Crippen molar-refractivity contribution < 1.29 is 0 Å². The van der Waals surface area contributed by atoms with E-state index in [9.17, 15) is 0 Å². The van der Waals surface area contributed by atoms with Crippen LogP contribution in [0.15, 0.2) is 12.7 Å². The Balaban J connectivity index is 2.67. The average molecular weight is 169 g/mol. The molecule has 60 valence electrons. The molecule has 11 heavy (non-hydrogen) atoms. The zero-order chi connectivity index (χ0) is 8.27. The quantitative estimate of drug-likeness (QED) is 0.702. The van der Waals surface area contributed by atoms with E-state index in [2.05, 4.69) is 23.7 Å². The highest BCUT2D eigenvalue weighted by Crippen LogP contribution is 2.23. The van der Waals surface area contributed by atoms with Gasteiger partial charge in [0.05, 0.1) is 0 Å². The molecule has 1 rings (SSSR count). The van der Waals surface area contributed by atoms with Crippen LogP contribution in [0.1, 0.15) is 24.3 Å². The number of nitrogens with zero attached hydrogens (tertiary/aromatic N) is 2. The van der Waals surface area contributed by atoms with Crippen LogP contribution in [0, 0.1) is 0 Å². The summed E-state index contributed by atoms with van der Waals surface area (Å²) < 4.78 is 0. The smallest absolute Gasteiger partial charge is 0.203 e. The molecule has 0 fully saturated rings. The standard InChI is InChI=1S/C7H11N3S/c1-3-4-5(2)6-9-10-7(8)11-6/h3,5H,1,4H2,2H3,(H2,8,10). The number of allylic oxidation sites excluding steroid dienone is 1. The molecule has 1 unspecified atom stereocenters. The molecule has 1 aromatic rings. The molecule has 0 radical (unpaired) electrons. The second-order valence-corrected chi connectivity index (χ2v) is 3.44. The molecule has 0 saturated heterocycles. The Labute approximate surface area is 70.0 Å². The van der Waals surface area contributed by atoms with Crippen molar-refractivity contribution in [2.75, 3.05) is 5.73 Å². The zero-order valence-corrected chi connectivity index (χ0v) is 7.27. The number of nitrogens with two attached hydrogens (primary N) is 1. The van der Waals surface area contributed by atoms with E-state index < -0.39 is 0 Å². The van der Waals surface area contributed by atoms with Crippen LogP contribution in [0.3, 0.4) is 0 Å². The number of hydrogen-bond acceptors (Lipinski definition) is 4. The van der Waals surface area contributed by atoms with E-state index >= 15 is 0 Å². The minimum atomic E-state index is 0.391. The summed E-state index contributed by atoms with van der Waals surface area (Å²) in [5, 5.41) is 9.19. The molecule has 1 atom stereocenters. The van der Waals surface area contributed by atoms with Crippen LogP contribution in [0.25, 0.3) is 0 Å². The number of aromatic nitrogens is 2. The fourth-order valence-electron chi connectivity index (χ4n) is 0.796. The van der Waals surface area contributed by atoms with E-state index in [4.69, 9.17) is 5.73 Å². The lowest BCUT2D eigenvalue weighted by atomic mass is 10.1. The Kier molecular flexibility index (Phi) is 2.59. The zero-order valence-electron chi connectivity index (χ0n) is 6.45. The van der Waals surface area contributed by atoms with Gasteiger partial charge in [0.2, 0.25) is 5.13 Å². The second-order valence-electron chi connectivity index (χ2n) is 2.40. The molecule has 0 aromatic carbocycles. The summed E-state index contributed by atoms with van der Waals surface area (Å²) in [4.78, 5) is 0. The Morgan fingerprint density at radius 2 is 2.45 bits per heavy atom.